The number of aryl methyl sites for hydroxylation is 1. The van der Waals surface area contributed by atoms with Crippen molar-refractivity contribution in [2.45, 2.75) is 6.92 Å². The van der Waals surface area contributed by atoms with Crippen LogP contribution in [0.4, 0.5) is 0 Å². The fourth-order valence-corrected chi connectivity index (χ4v) is 1.99. The Morgan fingerprint density at radius 2 is 2.22 bits per heavy atom. The Morgan fingerprint density at radius 3 is 2.89 bits per heavy atom. The molecule has 0 unspecified atom stereocenters. The van der Waals surface area contributed by atoms with Gasteiger partial charge in [-0.05, 0) is 24.3 Å². The minimum atomic E-state index is -0.0360. The fourth-order valence-electron chi connectivity index (χ4n) is 1.99. The maximum Gasteiger partial charge on any atom is 0.180 e. The van der Waals surface area contributed by atoms with Gasteiger partial charge in [-0.2, -0.15) is 5.10 Å². The second kappa shape index (κ2) is 3.80. The van der Waals surface area contributed by atoms with E-state index < -0.39 is 0 Å². The third-order valence-corrected chi connectivity index (χ3v) is 2.91. The molecule has 0 radical (unpaired) electrons. The SMILES string of the molecule is CC(=O)c1cc(-c2cc3ncccc3[nH]2)n(C)n1. The van der Waals surface area contributed by atoms with Crippen LogP contribution in [0.25, 0.3) is 22.4 Å². The van der Waals surface area contributed by atoms with E-state index >= 15 is 0 Å². The molecule has 3 heterocycles. The summed E-state index contributed by atoms with van der Waals surface area (Å²) in [6.45, 7) is 1.51. The smallest absolute Gasteiger partial charge is 0.180 e. The van der Waals surface area contributed by atoms with Gasteiger partial charge in [-0.1, -0.05) is 0 Å². The first-order valence-corrected chi connectivity index (χ1v) is 5.64. The molecule has 90 valence electrons. The minimum absolute atomic E-state index is 0.0360. The van der Waals surface area contributed by atoms with Crippen molar-refractivity contribution < 1.29 is 4.79 Å². The average molecular weight is 240 g/mol. The van der Waals surface area contributed by atoms with Gasteiger partial charge in [0.25, 0.3) is 0 Å². The molecular weight excluding hydrogens is 228 g/mol. The standard InChI is InChI=1S/C13H12N4O/c1-8(18)10-7-13(17(2)16-10)12-6-11-9(15-12)4-3-5-14-11/h3-7,15H,1-2H3. The topological polar surface area (TPSA) is 63.6 Å². The summed E-state index contributed by atoms with van der Waals surface area (Å²) in [7, 11) is 1.82. The number of hydrogen-bond acceptors (Lipinski definition) is 3. The van der Waals surface area contributed by atoms with Gasteiger partial charge in [-0.3, -0.25) is 14.5 Å². The Morgan fingerprint density at radius 1 is 1.39 bits per heavy atom. The molecule has 0 aromatic carbocycles. The van der Waals surface area contributed by atoms with E-state index in [1.807, 2.05) is 25.2 Å². The number of pyridine rings is 1. The zero-order chi connectivity index (χ0) is 12.7. The number of rotatable bonds is 2. The average Bonchev–Trinajstić information content (AvgIpc) is 2.91. The molecule has 0 saturated carbocycles. The molecule has 5 heteroatoms. The number of nitrogens with zero attached hydrogens (tertiary/aromatic N) is 3. The summed E-state index contributed by atoms with van der Waals surface area (Å²) in [5, 5.41) is 4.18. The van der Waals surface area contributed by atoms with Crippen molar-refractivity contribution in [1.29, 1.82) is 0 Å². The second-order valence-corrected chi connectivity index (χ2v) is 4.21. The van der Waals surface area contributed by atoms with Crippen LogP contribution in [-0.2, 0) is 7.05 Å². The number of aromatic amines is 1. The summed E-state index contributed by atoms with van der Waals surface area (Å²) in [4.78, 5) is 18.9. The first kappa shape index (κ1) is 10.7. The van der Waals surface area contributed by atoms with Crippen molar-refractivity contribution in [3.8, 4) is 11.4 Å². The molecule has 0 spiro atoms. The highest BCUT2D eigenvalue weighted by molar-refractivity contribution is 5.93. The van der Waals surface area contributed by atoms with E-state index in [1.54, 1.807) is 16.9 Å². The number of fused-ring (bicyclic) bond motifs is 1. The van der Waals surface area contributed by atoms with Gasteiger partial charge in [0.15, 0.2) is 5.78 Å². The summed E-state index contributed by atoms with van der Waals surface area (Å²) in [5.74, 6) is -0.0360. The Labute approximate surface area is 103 Å². The Bertz CT molecular complexity index is 705. The van der Waals surface area contributed by atoms with Crippen molar-refractivity contribution in [3.63, 3.8) is 0 Å². The largest absolute Gasteiger partial charge is 0.352 e. The molecule has 5 nitrogen and oxygen atoms in total. The quantitative estimate of drug-likeness (QED) is 0.698. The lowest BCUT2D eigenvalue weighted by Crippen LogP contribution is -1.97. The molecule has 0 aliphatic heterocycles. The molecular formula is C13H12N4O. The van der Waals surface area contributed by atoms with Gasteiger partial charge in [0, 0.05) is 20.2 Å². The van der Waals surface area contributed by atoms with Gasteiger partial charge in [-0.15, -0.1) is 0 Å². The van der Waals surface area contributed by atoms with Crippen LogP contribution in [0.5, 0.6) is 0 Å². The van der Waals surface area contributed by atoms with E-state index in [0.29, 0.717) is 5.69 Å². The van der Waals surface area contributed by atoms with Crippen molar-refractivity contribution >= 4 is 16.8 Å². The van der Waals surface area contributed by atoms with Gasteiger partial charge >= 0.3 is 0 Å². The molecule has 3 aromatic rings. The molecule has 1 N–H and O–H groups in total. The highest BCUT2D eigenvalue weighted by atomic mass is 16.1. The summed E-state index contributed by atoms with van der Waals surface area (Å²) in [5.41, 5.74) is 4.12. The van der Waals surface area contributed by atoms with Gasteiger partial charge < -0.3 is 4.98 Å². The van der Waals surface area contributed by atoms with Gasteiger partial charge in [0.05, 0.1) is 22.4 Å². The predicted octanol–water partition coefficient (Wildman–Crippen LogP) is 2.17. The zero-order valence-electron chi connectivity index (χ0n) is 10.1. The molecule has 18 heavy (non-hydrogen) atoms. The number of carbonyl (C=O) groups is 1. The van der Waals surface area contributed by atoms with E-state index in [2.05, 4.69) is 15.1 Å². The summed E-state index contributed by atoms with van der Waals surface area (Å²) >= 11 is 0. The Kier molecular flexibility index (Phi) is 2.26. The molecule has 0 amide bonds. The Balaban J connectivity index is 2.16. The van der Waals surface area contributed by atoms with E-state index in [9.17, 15) is 4.79 Å². The van der Waals surface area contributed by atoms with Gasteiger partial charge in [0.2, 0.25) is 0 Å². The van der Waals surface area contributed by atoms with Crippen molar-refractivity contribution in [2.24, 2.45) is 7.05 Å². The number of nitrogens with one attached hydrogen (secondary N) is 1. The van der Waals surface area contributed by atoms with Crippen LogP contribution in [0.1, 0.15) is 17.4 Å². The number of Topliss-reactive ketones (excluding diaryl/α,β-unsaturated/α-hetero) is 1. The highest BCUT2D eigenvalue weighted by Crippen LogP contribution is 2.23. The normalized spacial score (nSPS) is 11.0. The van der Waals surface area contributed by atoms with Crippen LogP contribution in [0.3, 0.4) is 0 Å². The molecule has 3 aromatic heterocycles. The van der Waals surface area contributed by atoms with Crippen molar-refractivity contribution in [3.05, 3.63) is 36.2 Å². The summed E-state index contributed by atoms with van der Waals surface area (Å²) in [6, 6.07) is 7.59. The van der Waals surface area contributed by atoms with Gasteiger partial charge in [0.1, 0.15) is 5.69 Å². The van der Waals surface area contributed by atoms with Crippen LogP contribution in [0.15, 0.2) is 30.5 Å². The molecule has 0 aliphatic carbocycles. The van der Waals surface area contributed by atoms with Crippen molar-refractivity contribution in [2.75, 3.05) is 0 Å². The van der Waals surface area contributed by atoms with Crippen LogP contribution in [0.2, 0.25) is 0 Å². The monoisotopic (exact) mass is 240 g/mol. The third-order valence-electron chi connectivity index (χ3n) is 2.91. The lowest BCUT2D eigenvalue weighted by molar-refractivity contribution is 0.101. The minimum Gasteiger partial charge on any atom is -0.352 e. The molecule has 0 saturated heterocycles. The highest BCUT2D eigenvalue weighted by Gasteiger charge is 2.12. The number of ketones is 1. The van der Waals surface area contributed by atoms with Crippen molar-refractivity contribution in [1.82, 2.24) is 19.7 Å². The second-order valence-electron chi connectivity index (χ2n) is 4.21. The maximum atomic E-state index is 11.3. The third kappa shape index (κ3) is 1.60. The van der Waals surface area contributed by atoms with Crippen LogP contribution < -0.4 is 0 Å². The number of carbonyl (C=O) groups excluding carboxylic acids is 1. The Hall–Kier alpha value is -2.43. The number of hydrogen-bond donors (Lipinski definition) is 1. The van der Waals surface area contributed by atoms with E-state index in [4.69, 9.17) is 0 Å². The fraction of sp³-hybridized carbons (Fsp3) is 0.154. The number of H-pyrrole nitrogens is 1. The van der Waals surface area contributed by atoms with Crippen LogP contribution in [0, 0.1) is 0 Å². The van der Waals surface area contributed by atoms with E-state index in [0.717, 1.165) is 22.4 Å². The lowest BCUT2D eigenvalue weighted by Gasteiger charge is -1.96. The predicted molar refractivity (Wildman–Crippen MR) is 68.3 cm³/mol. The zero-order valence-corrected chi connectivity index (χ0v) is 10.1. The van der Waals surface area contributed by atoms with Crippen LogP contribution in [-0.4, -0.2) is 25.5 Å². The molecule has 0 fully saturated rings. The van der Waals surface area contributed by atoms with E-state index in [1.165, 1.54) is 6.92 Å². The molecule has 3 rings (SSSR count). The number of aromatic nitrogens is 4. The maximum absolute atomic E-state index is 11.3. The van der Waals surface area contributed by atoms with Gasteiger partial charge in [-0.25, -0.2) is 0 Å². The molecule has 0 atom stereocenters. The molecule has 0 bridgehead atoms. The molecule has 0 aliphatic rings. The first-order chi connectivity index (χ1) is 8.65. The summed E-state index contributed by atoms with van der Waals surface area (Å²) in [6.07, 6.45) is 1.75. The lowest BCUT2D eigenvalue weighted by atomic mass is 10.2. The first-order valence-electron chi connectivity index (χ1n) is 5.64. The van der Waals surface area contributed by atoms with Crippen LogP contribution >= 0.6 is 0 Å². The van der Waals surface area contributed by atoms with E-state index in [-0.39, 0.29) is 5.78 Å². The summed E-state index contributed by atoms with van der Waals surface area (Å²) < 4.78 is 1.70.